The molecule has 1 saturated carbocycles. The maximum atomic E-state index is 12.4. The van der Waals surface area contributed by atoms with E-state index in [0.717, 1.165) is 0 Å². The summed E-state index contributed by atoms with van der Waals surface area (Å²) in [6, 6.07) is 7.08. The van der Waals surface area contributed by atoms with Crippen LogP contribution in [0.25, 0.3) is 0 Å². The molecule has 2 fully saturated rings. The van der Waals surface area contributed by atoms with E-state index in [4.69, 9.17) is 0 Å². The first-order valence-electron chi connectivity index (χ1n) is 9.13. The average molecular weight is 363 g/mol. The number of nitrogens with zero attached hydrogens (tertiary/aromatic N) is 1. The van der Waals surface area contributed by atoms with Gasteiger partial charge in [-0.1, -0.05) is 19.3 Å². The van der Waals surface area contributed by atoms with Crippen LogP contribution in [0.1, 0.15) is 49.4 Å². The molecule has 1 aliphatic carbocycles. The maximum absolute atomic E-state index is 12.4. The summed E-state index contributed by atoms with van der Waals surface area (Å²) in [5, 5.41) is 16.0. The van der Waals surface area contributed by atoms with E-state index in [1.54, 1.807) is 24.3 Å². The maximum Gasteiger partial charge on any atom is 0.251 e. The van der Waals surface area contributed by atoms with Gasteiger partial charge in [0, 0.05) is 37.3 Å². The Labute approximate surface area is 154 Å². The monoisotopic (exact) mass is 363 g/mol. The van der Waals surface area contributed by atoms with Gasteiger partial charge >= 0.3 is 0 Å². The molecule has 2 atom stereocenters. The third-order valence-electron chi connectivity index (χ3n) is 5.19. The number of amides is 2. The molecule has 1 aromatic rings. The third kappa shape index (κ3) is 5.03. The summed E-state index contributed by atoms with van der Waals surface area (Å²) in [4.78, 5) is 25.8. The van der Waals surface area contributed by atoms with Gasteiger partial charge in [0.25, 0.3) is 5.91 Å². The number of hydrogen-bond donors (Lipinski definition) is 3. The molecule has 1 aromatic carbocycles. The second-order valence-electron chi connectivity index (χ2n) is 7.15. The van der Waals surface area contributed by atoms with Crippen molar-refractivity contribution < 1.29 is 20.2 Å². The van der Waals surface area contributed by atoms with Crippen LogP contribution in [-0.4, -0.2) is 58.6 Å². The lowest BCUT2D eigenvalue weighted by Crippen LogP contribution is -2.43. The number of benzene rings is 1. The van der Waals surface area contributed by atoms with Crippen molar-refractivity contribution in [3.05, 3.63) is 29.8 Å². The molecule has 144 valence electrons. The lowest BCUT2D eigenvalue weighted by molar-refractivity contribution is -0.114. The van der Waals surface area contributed by atoms with Crippen molar-refractivity contribution in [2.75, 3.05) is 18.4 Å². The van der Waals surface area contributed by atoms with Crippen LogP contribution in [-0.2, 0) is 4.79 Å². The van der Waals surface area contributed by atoms with Gasteiger partial charge in [-0.15, -0.1) is 0 Å². The predicted molar refractivity (Wildman–Crippen MR) is 100 cm³/mol. The Morgan fingerprint density at radius 3 is 2.35 bits per heavy atom. The molecule has 1 heterocycles. The van der Waals surface area contributed by atoms with Crippen LogP contribution in [0.15, 0.2) is 24.3 Å². The Morgan fingerprint density at radius 2 is 1.73 bits per heavy atom. The first-order chi connectivity index (χ1) is 12.0. The lowest BCUT2D eigenvalue weighted by atomic mass is 9.94. The highest BCUT2D eigenvalue weighted by atomic mass is 16.3. The van der Waals surface area contributed by atoms with Crippen molar-refractivity contribution in [2.24, 2.45) is 0 Å². The van der Waals surface area contributed by atoms with E-state index in [9.17, 15) is 14.7 Å². The summed E-state index contributed by atoms with van der Waals surface area (Å²) >= 11 is 0. The second-order valence-corrected chi connectivity index (χ2v) is 7.15. The number of carbonyl (C=O) groups excluding carboxylic acids is 2. The predicted octanol–water partition coefficient (Wildman–Crippen LogP) is 0.928. The smallest absolute Gasteiger partial charge is 0.251 e. The lowest BCUT2D eigenvalue weighted by Gasteiger charge is -2.30. The van der Waals surface area contributed by atoms with Gasteiger partial charge in [0.2, 0.25) is 5.91 Å². The fraction of sp³-hybridized carbons (Fsp3) is 0.579. The van der Waals surface area contributed by atoms with Crippen molar-refractivity contribution >= 4 is 17.5 Å². The molecule has 0 spiro atoms. The van der Waals surface area contributed by atoms with Gasteiger partial charge in [0.05, 0.1) is 12.1 Å². The summed E-state index contributed by atoms with van der Waals surface area (Å²) in [5.41, 5.74) is 1.19. The zero-order chi connectivity index (χ0) is 17.8. The largest absolute Gasteiger partial charge is 0.412 e. The summed E-state index contributed by atoms with van der Waals surface area (Å²) in [6.07, 6.45) is 5.69. The number of anilines is 1. The van der Waals surface area contributed by atoms with E-state index in [-0.39, 0.29) is 23.3 Å². The molecular formula is C19H29N3O4. The fourth-order valence-corrected chi connectivity index (χ4v) is 3.86. The molecule has 7 nitrogen and oxygen atoms in total. The summed E-state index contributed by atoms with van der Waals surface area (Å²) in [7, 11) is 0. The van der Waals surface area contributed by atoms with E-state index in [2.05, 4.69) is 15.5 Å². The van der Waals surface area contributed by atoms with Gasteiger partial charge in [-0.3, -0.25) is 14.5 Å². The van der Waals surface area contributed by atoms with Gasteiger partial charge in [-0.2, -0.15) is 0 Å². The van der Waals surface area contributed by atoms with Gasteiger partial charge in [-0.25, -0.2) is 0 Å². The minimum Gasteiger partial charge on any atom is -0.412 e. The van der Waals surface area contributed by atoms with Crippen LogP contribution in [0.2, 0.25) is 0 Å². The van der Waals surface area contributed by atoms with E-state index in [0.29, 0.717) is 30.4 Å². The molecule has 7 heteroatoms. The molecule has 0 unspecified atom stereocenters. The molecule has 3 rings (SSSR count). The first-order valence-corrected chi connectivity index (χ1v) is 9.13. The van der Waals surface area contributed by atoms with Gasteiger partial charge in [0.1, 0.15) is 0 Å². The van der Waals surface area contributed by atoms with Gasteiger partial charge < -0.3 is 21.2 Å². The molecule has 0 aromatic heterocycles. The van der Waals surface area contributed by atoms with E-state index in [1.807, 2.05) is 0 Å². The fourth-order valence-electron chi connectivity index (χ4n) is 3.86. The Kier molecular flexibility index (Phi) is 7.14. The standard InChI is InChI=1S/C19H27N3O3.H2O/c1-13(23)20-15-9-7-14(8-10-15)19(25)21-17-11-22(12-18(17)24)16-5-3-2-4-6-16;/h7-10,16-18,24H,2-6,11-12H2,1H3,(H,20,23)(H,21,25);1H2/t17-,18-;/m1./s1. The normalized spacial score (nSPS) is 23.9. The second kappa shape index (κ2) is 9.12. The number of β-amino-alcohol motifs (C(OH)–C–C–N with tert-alkyl or cyclic N) is 1. The SMILES string of the molecule is CC(=O)Nc1ccc(C(=O)N[C@@H]2CN(C3CCCCC3)C[C@H]2O)cc1.O. The van der Waals surface area contributed by atoms with Crippen LogP contribution in [0.3, 0.4) is 0 Å². The first kappa shape index (κ1) is 20.4. The Balaban J connectivity index is 0.00000243. The van der Waals surface area contributed by atoms with E-state index in [1.165, 1.54) is 39.0 Å². The topological polar surface area (TPSA) is 113 Å². The molecule has 2 amide bonds. The molecular weight excluding hydrogens is 334 g/mol. The van der Waals surface area contributed by atoms with E-state index >= 15 is 0 Å². The van der Waals surface area contributed by atoms with Crippen LogP contribution in [0.5, 0.6) is 0 Å². The van der Waals surface area contributed by atoms with Crippen molar-refractivity contribution in [1.29, 1.82) is 0 Å². The van der Waals surface area contributed by atoms with Crippen LogP contribution in [0, 0.1) is 0 Å². The molecule has 0 bridgehead atoms. The minimum absolute atomic E-state index is 0. The van der Waals surface area contributed by atoms with Crippen molar-refractivity contribution in [1.82, 2.24) is 10.2 Å². The zero-order valence-electron chi connectivity index (χ0n) is 15.2. The Morgan fingerprint density at radius 1 is 1.08 bits per heavy atom. The number of carbonyl (C=O) groups is 2. The summed E-state index contributed by atoms with van der Waals surface area (Å²) < 4.78 is 0. The molecule has 1 saturated heterocycles. The van der Waals surface area contributed by atoms with Crippen LogP contribution >= 0.6 is 0 Å². The van der Waals surface area contributed by atoms with Gasteiger partial charge in [-0.05, 0) is 37.1 Å². The number of likely N-dealkylation sites (tertiary alicyclic amines) is 1. The van der Waals surface area contributed by atoms with E-state index < -0.39 is 6.10 Å². The van der Waals surface area contributed by atoms with Gasteiger partial charge in [0.15, 0.2) is 0 Å². The van der Waals surface area contributed by atoms with Crippen LogP contribution in [0.4, 0.5) is 5.69 Å². The summed E-state index contributed by atoms with van der Waals surface area (Å²) in [5.74, 6) is -0.335. The number of aliphatic hydroxyl groups is 1. The quantitative estimate of drug-likeness (QED) is 0.738. The minimum atomic E-state index is -0.524. The summed E-state index contributed by atoms with van der Waals surface area (Å²) in [6.45, 7) is 2.79. The van der Waals surface area contributed by atoms with Crippen molar-refractivity contribution in [3.63, 3.8) is 0 Å². The number of nitrogens with one attached hydrogen (secondary N) is 2. The molecule has 0 radical (unpaired) electrons. The number of hydrogen-bond acceptors (Lipinski definition) is 4. The highest BCUT2D eigenvalue weighted by Crippen LogP contribution is 2.26. The van der Waals surface area contributed by atoms with Crippen molar-refractivity contribution in [3.8, 4) is 0 Å². The average Bonchev–Trinajstić information content (AvgIpc) is 2.96. The highest BCUT2D eigenvalue weighted by Gasteiger charge is 2.36. The molecule has 1 aliphatic heterocycles. The third-order valence-corrected chi connectivity index (χ3v) is 5.19. The molecule has 5 N–H and O–H groups in total. The zero-order valence-corrected chi connectivity index (χ0v) is 15.2. The Hall–Kier alpha value is -1.96. The van der Waals surface area contributed by atoms with Crippen LogP contribution < -0.4 is 10.6 Å². The van der Waals surface area contributed by atoms with Crippen molar-refractivity contribution in [2.45, 2.75) is 57.2 Å². The number of aliphatic hydroxyl groups excluding tert-OH is 1. The molecule has 2 aliphatic rings. The highest BCUT2D eigenvalue weighted by molar-refractivity contribution is 5.95. The molecule has 26 heavy (non-hydrogen) atoms. The number of rotatable bonds is 4. The Bertz CT molecular complexity index is 614.